The molecule has 0 bridgehead atoms. The second-order valence-electron chi connectivity index (χ2n) is 4.04. The van der Waals surface area contributed by atoms with Crippen LogP contribution in [0.4, 0.5) is 0 Å². The first kappa shape index (κ1) is 14.2. The summed E-state index contributed by atoms with van der Waals surface area (Å²) in [6, 6.07) is 2.04. The van der Waals surface area contributed by atoms with Crippen LogP contribution in [0.25, 0.3) is 0 Å². The van der Waals surface area contributed by atoms with Crippen molar-refractivity contribution < 1.29 is 9.53 Å². The quantitative estimate of drug-likeness (QED) is 0.783. The molecule has 0 spiro atoms. The third kappa shape index (κ3) is 3.22. The molecule has 7 heteroatoms. The van der Waals surface area contributed by atoms with E-state index in [1.165, 1.54) is 7.11 Å². The van der Waals surface area contributed by atoms with Gasteiger partial charge in [-0.15, -0.1) is 16.4 Å². The van der Waals surface area contributed by atoms with E-state index in [4.69, 9.17) is 4.74 Å². The Morgan fingerprint density at radius 3 is 2.95 bits per heavy atom. The van der Waals surface area contributed by atoms with Gasteiger partial charge in [0.15, 0.2) is 5.69 Å². The molecule has 0 N–H and O–H groups in total. The van der Waals surface area contributed by atoms with Crippen LogP contribution in [0.2, 0.25) is 0 Å². The number of methoxy groups -OCH3 is 1. The number of carbonyl (C=O) groups excluding carboxylic acids is 1. The minimum atomic E-state index is -0.429. The van der Waals surface area contributed by atoms with E-state index in [-0.39, 0.29) is 0 Å². The number of carbonyl (C=O) groups is 1. The van der Waals surface area contributed by atoms with Crippen LogP contribution >= 0.6 is 27.3 Å². The van der Waals surface area contributed by atoms with Gasteiger partial charge < -0.3 is 4.74 Å². The second-order valence-corrected chi connectivity index (χ2v) is 6.33. The van der Waals surface area contributed by atoms with E-state index >= 15 is 0 Å². The molecule has 0 aliphatic carbocycles. The Morgan fingerprint density at radius 1 is 1.58 bits per heavy atom. The molecule has 2 rings (SSSR count). The minimum Gasteiger partial charge on any atom is -0.464 e. The SMILES string of the molecule is CCCc1c(C(=O)OC)nnn1Cc1csc(Br)c1. The zero-order chi connectivity index (χ0) is 13.8. The highest BCUT2D eigenvalue weighted by Crippen LogP contribution is 2.22. The number of rotatable bonds is 5. The molecule has 19 heavy (non-hydrogen) atoms. The first-order valence-corrected chi connectivity index (χ1v) is 7.56. The summed E-state index contributed by atoms with van der Waals surface area (Å²) in [7, 11) is 1.35. The summed E-state index contributed by atoms with van der Waals surface area (Å²) < 4.78 is 7.58. The summed E-state index contributed by atoms with van der Waals surface area (Å²) in [5.74, 6) is -0.429. The van der Waals surface area contributed by atoms with Crippen LogP contribution in [-0.2, 0) is 17.7 Å². The van der Waals surface area contributed by atoms with Crippen molar-refractivity contribution in [3.63, 3.8) is 0 Å². The summed E-state index contributed by atoms with van der Waals surface area (Å²) in [6.45, 7) is 2.67. The molecular weight excluding hydrogens is 330 g/mol. The molecule has 0 saturated carbocycles. The maximum Gasteiger partial charge on any atom is 0.360 e. The van der Waals surface area contributed by atoms with Crippen molar-refractivity contribution in [1.82, 2.24) is 15.0 Å². The van der Waals surface area contributed by atoms with E-state index in [0.717, 1.165) is 27.9 Å². The van der Waals surface area contributed by atoms with E-state index in [2.05, 4.69) is 38.5 Å². The molecule has 5 nitrogen and oxygen atoms in total. The average Bonchev–Trinajstić information content (AvgIpc) is 2.97. The molecule has 0 aliphatic rings. The lowest BCUT2D eigenvalue weighted by Gasteiger charge is -2.05. The Bertz CT molecular complexity index is 579. The van der Waals surface area contributed by atoms with Crippen molar-refractivity contribution >= 4 is 33.2 Å². The van der Waals surface area contributed by atoms with Gasteiger partial charge in [0.05, 0.1) is 23.1 Å². The van der Waals surface area contributed by atoms with E-state index in [0.29, 0.717) is 12.2 Å². The van der Waals surface area contributed by atoms with Crippen molar-refractivity contribution in [2.24, 2.45) is 0 Å². The number of aromatic nitrogens is 3. The van der Waals surface area contributed by atoms with E-state index in [9.17, 15) is 4.79 Å². The Hall–Kier alpha value is -1.21. The van der Waals surface area contributed by atoms with Crippen LogP contribution in [0.5, 0.6) is 0 Å². The molecule has 0 unspecified atom stereocenters. The number of ether oxygens (including phenoxy) is 1. The summed E-state index contributed by atoms with van der Waals surface area (Å²) >= 11 is 5.06. The van der Waals surface area contributed by atoms with Gasteiger partial charge in [0.2, 0.25) is 0 Å². The molecule has 2 aromatic heterocycles. The molecule has 0 aromatic carbocycles. The van der Waals surface area contributed by atoms with Crippen LogP contribution < -0.4 is 0 Å². The van der Waals surface area contributed by atoms with Gasteiger partial charge in [-0.25, -0.2) is 9.48 Å². The normalized spacial score (nSPS) is 10.7. The fourth-order valence-electron chi connectivity index (χ4n) is 1.80. The summed E-state index contributed by atoms with van der Waals surface area (Å²) in [5, 5.41) is 10.1. The number of thiophene rings is 1. The van der Waals surface area contributed by atoms with Crippen molar-refractivity contribution in [1.29, 1.82) is 0 Å². The topological polar surface area (TPSA) is 57.0 Å². The maximum absolute atomic E-state index is 11.6. The van der Waals surface area contributed by atoms with Gasteiger partial charge in [0.25, 0.3) is 0 Å². The molecular formula is C12H14BrN3O2S. The fourth-order valence-corrected chi connectivity index (χ4v) is 3.00. The number of esters is 1. The Balaban J connectivity index is 2.29. The van der Waals surface area contributed by atoms with Crippen molar-refractivity contribution in [2.45, 2.75) is 26.3 Å². The molecule has 0 atom stereocenters. The van der Waals surface area contributed by atoms with Gasteiger partial charge in [0, 0.05) is 0 Å². The average molecular weight is 344 g/mol. The number of hydrogen-bond donors (Lipinski definition) is 0. The van der Waals surface area contributed by atoms with Crippen molar-refractivity contribution in [3.8, 4) is 0 Å². The molecule has 0 fully saturated rings. The van der Waals surface area contributed by atoms with E-state index in [1.54, 1.807) is 16.0 Å². The Kier molecular flexibility index (Phi) is 4.71. The van der Waals surface area contributed by atoms with Gasteiger partial charge in [-0.2, -0.15) is 0 Å². The summed E-state index contributed by atoms with van der Waals surface area (Å²) in [5.41, 5.74) is 2.28. The molecule has 2 aromatic rings. The van der Waals surface area contributed by atoms with E-state index < -0.39 is 5.97 Å². The summed E-state index contributed by atoms with van der Waals surface area (Å²) in [4.78, 5) is 11.6. The van der Waals surface area contributed by atoms with Crippen LogP contribution in [0.15, 0.2) is 15.2 Å². The van der Waals surface area contributed by atoms with Gasteiger partial charge in [-0.05, 0) is 39.4 Å². The molecule has 0 amide bonds. The zero-order valence-electron chi connectivity index (χ0n) is 10.7. The third-order valence-electron chi connectivity index (χ3n) is 2.66. The number of hydrogen-bond acceptors (Lipinski definition) is 5. The van der Waals surface area contributed by atoms with Crippen molar-refractivity contribution in [3.05, 3.63) is 32.2 Å². The van der Waals surface area contributed by atoms with Gasteiger partial charge >= 0.3 is 5.97 Å². The standard InChI is InChI=1S/C12H14BrN3O2S/c1-3-4-9-11(12(17)18-2)14-15-16(9)6-8-5-10(13)19-7-8/h5,7H,3-4,6H2,1-2H3. The first-order chi connectivity index (χ1) is 9.15. The monoisotopic (exact) mass is 343 g/mol. The second kappa shape index (κ2) is 6.29. The van der Waals surface area contributed by atoms with E-state index in [1.807, 2.05) is 6.07 Å². The molecule has 0 aliphatic heterocycles. The Morgan fingerprint density at radius 2 is 2.37 bits per heavy atom. The van der Waals surface area contributed by atoms with Crippen LogP contribution in [0.1, 0.15) is 35.1 Å². The molecule has 0 saturated heterocycles. The van der Waals surface area contributed by atoms with Crippen molar-refractivity contribution in [2.75, 3.05) is 7.11 Å². The predicted molar refractivity (Wildman–Crippen MR) is 76.5 cm³/mol. The van der Waals surface area contributed by atoms with Gasteiger partial charge in [-0.3, -0.25) is 0 Å². The lowest BCUT2D eigenvalue weighted by atomic mass is 10.2. The number of halogens is 1. The summed E-state index contributed by atoms with van der Waals surface area (Å²) in [6.07, 6.45) is 1.67. The largest absolute Gasteiger partial charge is 0.464 e. The lowest BCUT2D eigenvalue weighted by Crippen LogP contribution is -2.10. The molecule has 102 valence electrons. The third-order valence-corrected chi connectivity index (χ3v) is 4.21. The van der Waals surface area contributed by atoms with Gasteiger partial charge in [0.1, 0.15) is 0 Å². The smallest absolute Gasteiger partial charge is 0.360 e. The highest BCUT2D eigenvalue weighted by atomic mass is 79.9. The van der Waals surface area contributed by atoms with Crippen LogP contribution in [0, 0.1) is 0 Å². The minimum absolute atomic E-state index is 0.318. The number of nitrogens with zero attached hydrogens (tertiary/aromatic N) is 3. The first-order valence-electron chi connectivity index (χ1n) is 5.89. The Labute approximate surface area is 123 Å². The van der Waals surface area contributed by atoms with Crippen LogP contribution in [0.3, 0.4) is 0 Å². The molecule has 2 heterocycles. The highest BCUT2D eigenvalue weighted by molar-refractivity contribution is 9.11. The predicted octanol–water partition coefficient (Wildman–Crippen LogP) is 2.89. The fraction of sp³-hybridized carbons (Fsp3) is 0.417. The maximum atomic E-state index is 11.6. The zero-order valence-corrected chi connectivity index (χ0v) is 13.1. The molecule has 0 radical (unpaired) electrons. The van der Waals surface area contributed by atoms with Gasteiger partial charge in [-0.1, -0.05) is 18.6 Å². The van der Waals surface area contributed by atoms with Crippen LogP contribution in [-0.4, -0.2) is 28.1 Å². The lowest BCUT2D eigenvalue weighted by molar-refractivity contribution is 0.0592. The highest BCUT2D eigenvalue weighted by Gasteiger charge is 2.19.